The molecule has 0 aromatic heterocycles. The van der Waals surface area contributed by atoms with Crippen molar-refractivity contribution in [1.82, 2.24) is 5.43 Å². The van der Waals surface area contributed by atoms with E-state index in [-0.39, 0.29) is 28.8 Å². The summed E-state index contributed by atoms with van der Waals surface area (Å²) in [7, 11) is 0. The van der Waals surface area contributed by atoms with Gasteiger partial charge >= 0.3 is 0 Å². The first-order chi connectivity index (χ1) is 13.8. The minimum atomic E-state index is -0.431. The van der Waals surface area contributed by atoms with E-state index in [4.69, 9.17) is 0 Å². The summed E-state index contributed by atoms with van der Waals surface area (Å²) in [6, 6.07) is 14.9. The van der Waals surface area contributed by atoms with E-state index in [1.54, 1.807) is 30.4 Å². The van der Waals surface area contributed by atoms with E-state index in [2.05, 4.69) is 55.6 Å². The Labute approximate surface area is 170 Å². The Hall–Kier alpha value is -3.28. The highest BCUT2D eigenvalue weighted by Crippen LogP contribution is 2.47. The third-order valence-electron chi connectivity index (χ3n) is 5.08. The third kappa shape index (κ3) is 5.16. The van der Waals surface area contributed by atoms with E-state index in [0.29, 0.717) is 5.56 Å². The number of amides is 1. The van der Waals surface area contributed by atoms with Crippen LogP contribution in [0.3, 0.4) is 0 Å². The SMILES string of the molecule is CC(C)(C)c1ccc([C@@H]2C[C@H]2C(=O)N/N=C/C=C/c2ccccc2[N+](=O)[O-])cc1. The van der Waals surface area contributed by atoms with Crippen LogP contribution < -0.4 is 5.43 Å². The van der Waals surface area contributed by atoms with Gasteiger partial charge in [-0.1, -0.05) is 57.2 Å². The van der Waals surface area contributed by atoms with Crippen LogP contribution in [0.5, 0.6) is 0 Å². The minimum absolute atomic E-state index is 0.0273. The maximum Gasteiger partial charge on any atom is 0.276 e. The Morgan fingerprint density at radius 2 is 1.86 bits per heavy atom. The van der Waals surface area contributed by atoms with Crippen molar-refractivity contribution in [2.24, 2.45) is 11.0 Å². The van der Waals surface area contributed by atoms with Crippen LogP contribution in [0.2, 0.25) is 0 Å². The predicted octanol–water partition coefficient (Wildman–Crippen LogP) is 4.81. The van der Waals surface area contributed by atoms with Gasteiger partial charge in [0.2, 0.25) is 5.91 Å². The molecular formula is C23H25N3O3. The van der Waals surface area contributed by atoms with Crippen LogP contribution in [0.1, 0.15) is 49.8 Å². The summed E-state index contributed by atoms with van der Waals surface area (Å²) in [5.74, 6) is 0.0683. The van der Waals surface area contributed by atoms with Crippen LogP contribution in [-0.2, 0) is 10.2 Å². The summed E-state index contributed by atoms with van der Waals surface area (Å²) < 4.78 is 0. The van der Waals surface area contributed by atoms with Crippen LogP contribution in [0, 0.1) is 16.0 Å². The molecule has 0 saturated heterocycles. The van der Waals surface area contributed by atoms with Crippen molar-refractivity contribution in [3.63, 3.8) is 0 Å². The van der Waals surface area contributed by atoms with Gasteiger partial charge < -0.3 is 0 Å². The number of carbonyl (C=O) groups excluding carboxylic acids is 1. The highest BCUT2D eigenvalue weighted by atomic mass is 16.6. The fourth-order valence-electron chi connectivity index (χ4n) is 3.25. The molecule has 1 amide bonds. The predicted molar refractivity (Wildman–Crippen MR) is 115 cm³/mol. The van der Waals surface area contributed by atoms with Crippen molar-refractivity contribution in [2.75, 3.05) is 0 Å². The Kier molecular flexibility index (Phi) is 5.92. The van der Waals surface area contributed by atoms with E-state index >= 15 is 0 Å². The molecule has 2 aromatic rings. The number of allylic oxidation sites excluding steroid dienone is 1. The first kappa shape index (κ1) is 20.5. The monoisotopic (exact) mass is 391 g/mol. The first-order valence-corrected chi connectivity index (χ1v) is 9.61. The summed E-state index contributed by atoms with van der Waals surface area (Å²) in [4.78, 5) is 22.8. The van der Waals surface area contributed by atoms with Crippen molar-refractivity contribution >= 4 is 23.9 Å². The van der Waals surface area contributed by atoms with Crippen LogP contribution in [0.4, 0.5) is 5.69 Å². The zero-order valence-corrected chi connectivity index (χ0v) is 16.8. The maximum atomic E-state index is 12.3. The maximum absolute atomic E-state index is 12.3. The molecule has 0 bridgehead atoms. The molecule has 0 heterocycles. The smallest absolute Gasteiger partial charge is 0.273 e. The van der Waals surface area contributed by atoms with Gasteiger partial charge in [-0.05, 0) is 47.1 Å². The van der Waals surface area contributed by atoms with Gasteiger partial charge in [0.05, 0.1) is 10.5 Å². The summed E-state index contributed by atoms with van der Waals surface area (Å²) in [6.45, 7) is 6.54. The van der Waals surface area contributed by atoms with Crippen molar-refractivity contribution in [3.05, 3.63) is 81.4 Å². The summed E-state index contributed by atoms with van der Waals surface area (Å²) >= 11 is 0. The van der Waals surface area contributed by atoms with Gasteiger partial charge in [0, 0.05) is 18.2 Å². The number of carbonyl (C=O) groups is 1. The van der Waals surface area contributed by atoms with E-state index in [9.17, 15) is 14.9 Å². The quantitative estimate of drug-likeness (QED) is 0.436. The molecule has 6 nitrogen and oxygen atoms in total. The number of para-hydroxylation sites is 1. The normalized spacial score (nSPS) is 18.9. The largest absolute Gasteiger partial charge is 0.276 e. The van der Waals surface area contributed by atoms with Gasteiger partial charge in [0.15, 0.2) is 0 Å². The molecule has 3 rings (SSSR count). The van der Waals surface area contributed by atoms with E-state index in [0.717, 1.165) is 6.42 Å². The number of rotatable bonds is 6. The summed E-state index contributed by atoms with van der Waals surface area (Å²) in [5, 5.41) is 14.9. The van der Waals surface area contributed by atoms with Gasteiger partial charge in [-0.3, -0.25) is 14.9 Å². The molecule has 1 aliphatic carbocycles. The number of nitro groups is 1. The number of hydrogen-bond donors (Lipinski definition) is 1. The number of nitro benzene ring substituents is 1. The highest BCUT2D eigenvalue weighted by Gasteiger charge is 2.43. The zero-order chi connectivity index (χ0) is 21.0. The molecule has 1 N–H and O–H groups in total. The lowest BCUT2D eigenvalue weighted by atomic mass is 9.86. The molecule has 2 atom stereocenters. The number of benzene rings is 2. The molecule has 0 radical (unpaired) electrons. The van der Waals surface area contributed by atoms with Crippen molar-refractivity contribution in [1.29, 1.82) is 0 Å². The van der Waals surface area contributed by atoms with Crippen molar-refractivity contribution < 1.29 is 9.72 Å². The van der Waals surface area contributed by atoms with Gasteiger partial charge in [0.1, 0.15) is 0 Å². The molecule has 0 spiro atoms. The molecular weight excluding hydrogens is 366 g/mol. The van der Waals surface area contributed by atoms with Gasteiger partial charge in [-0.2, -0.15) is 5.10 Å². The Balaban J connectivity index is 1.51. The topological polar surface area (TPSA) is 84.6 Å². The van der Waals surface area contributed by atoms with E-state index in [1.807, 2.05) is 0 Å². The standard InChI is InChI=1S/C23H25N3O3/c1-23(2,3)18-12-10-16(11-13-18)19-15-20(19)22(27)25-24-14-6-8-17-7-4-5-9-21(17)26(28)29/h4-14,19-20H,15H2,1-3H3,(H,25,27)/b8-6+,24-14+/t19-,20+/m0/s1. The Bertz CT molecular complexity index is 956. The van der Waals surface area contributed by atoms with Crippen LogP contribution in [-0.4, -0.2) is 17.0 Å². The molecule has 1 saturated carbocycles. The lowest BCUT2D eigenvalue weighted by molar-refractivity contribution is -0.385. The minimum Gasteiger partial charge on any atom is -0.273 e. The zero-order valence-electron chi connectivity index (χ0n) is 16.8. The fraction of sp³-hybridized carbons (Fsp3) is 0.304. The van der Waals surface area contributed by atoms with Crippen LogP contribution in [0.15, 0.2) is 59.7 Å². The molecule has 150 valence electrons. The van der Waals surface area contributed by atoms with Crippen molar-refractivity contribution in [2.45, 2.75) is 38.5 Å². The van der Waals surface area contributed by atoms with Gasteiger partial charge in [0.25, 0.3) is 5.69 Å². The average molecular weight is 391 g/mol. The molecule has 6 heteroatoms. The molecule has 1 fully saturated rings. The van der Waals surface area contributed by atoms with Crippen LogP contribution >= 0.6 is 0 Å². The van der Waals surface area contributed by atoms with Crippen molar-refractivity contribution in [3.8, 4) is 0 Å². The molecule has 0 aliphatic heterocycles. The molecule has 1 aliphatic rings. The Morgan fingerprint density at radius 1 is 1.17 bits per heavy atom. The van der Waals surface area contributed by atoms with E-state index in [1.165, 1.54) is 23.4 Å². The number of hydrogen-bond acceptors (Lipinski definition) is 4. The molecule has 0 unspecified atom stereocenters. The highest BCUT2D eigenvalue weighted by molar-refractivity contribution is 5.85. The molecule has 29 heavy (non-hydrogen) atoms. The second-order valence-corrected chi connectivity index (χ2v) is 8.25. The van der Waals surface area contributed by atoms with Crippen LogP contribution in [0.25, 0.3) is 6.08 Å². The number of hydrazone groups is 1. The lowest BCUT2D eigenvalue weighted by Crippen LogP contribution is -2.19. The summed E-state index contributed by atoms with van der Waals surface area (Å²) in [5.41, 5.74) is 5.63. The Morgan fingerprint density at radius 3 is 2.52 bits per heavy atom. The summed E-state index contributed by atoms with van der Waals surface area (Å²) in [6.07, 6.45) is 5.40. The third-order valence-corrected chi connectivity index (χ3v) is 5.08. The van der Waals surface area contributed by atoms with Gasteiger partial charge in [-0.25, -0.2) is 5.43 Å². The van der Waals surface area contributed by atoms with Gasteiger partial charge in [-0.15, -0.1) is 0 Å². The first-order valence-electron chi connectivity index (χ1n) is 9.61. The number of nitrogens with one attached hydrogen (secondary N) is 1. The average Bonchev–Trinajstić information content (AvgIpc) is 3.48. The molecule has 2 aromatic carbocycles. The van der Waals surface area contributed by atoms with E-state index < -0.39 is 4.92 Å². The second-order valence-electron chi connectivity index (χ2n) is 8.25. The lowest BCUT2D eigenvalue weighted by Gasteiger charge is -2.19. The second kappa shape index (κ2) is 8.39. The number of nitrogens with zero attached hydrogens (tertiary/aromatic N) is 2. The fourth-order valence-corrected chi connectivity index (χ4v) is 3.25.